The van der Waals surface area contributed by atoms with Gasteiger partial charge in [0.15, 0.2) is 0 Å². The van der Waals surface area contributed by atoms with Crippen LogP contribution in [-0.4, -0.2) is 0 Å². The number of benzene rings is 1. The molecule has 76 valence electrons. The Balaban J connectivity index is 2.23. The first kappa shape index (κ1) is 9.76. The maximum Gasteiger partial charge on any atom is -0.0159 e. The second kappa shape index (κ2) is 3.42. The lowest BCUT2D eigenvalue weighted by molar-refractivity contribution is 0.410. The zero-order valence-corrected chi connectivity index (χ0v) is 9.51. The molecule has 0 saturated heterocycles. The van der Waals surface area contributed by atoms with Crippen molar-refractivity contribution in [3.8, 4) is 0 Å². The summed E-state index contributed by atoms with van der Waals surface area (Å²) in [5.41, 5.74) is 3.59. The maximum absolute atomic E-state index is 2.32. The van der Waals surface area contributed by atoms with Crippen molar-refractivity contribution < 1.29 is 0 Å². The monoisotopic (exact) mass is 188 g/mol. The molecular formula is C14H20. The van der Waals surface area contributed by atoms with E-state index >= 15 is 0 Å². The standard InChI is InChI=1S/C14H20/c1-14(2,3)10-12-6-4-5-7-13(12)11-8-9-11/h4-7,11H,8-10H2,1-3H3. The molecule has 0 nitrogen and oxygen atoms in total. The molecule has 1 aliphatic rings. The summed E-state index contributed by atoms with van der Waals surface area (Å²) in [4.78, 5) is 0. The summed E-state index contributed by atoms with van der Waals surface area (Å²) in [5.74, 6) is 0.883. The second-order valence-electron chi connectivity index (χ2n) is 5.71. The molecule has 0 N–H and O–H groups in total. The van der Waals surface area contributed by atoms with Crippen molar-refractivity contribution in [1.82, 2.24) is 0 Å². The molecule has 0 aliphatic heterocycles. The van der Waals surface area contributed by atoms with Crippen molar-refractivity contribution >= 4 is 0 Å². The maximum atomic E-state index is 2.32. The quantitative estimate of drug-likeness (QED) is 0.654. The van der Waals surface area contributed by atoms with Crippen molar-refractivity contribution in [2.24, 2.45) is 5.41 Å². The third kappa shape index (κ3) is 2.37. The molecule has 0 bridgehead atoms. The van der Waals surface area contributed by atoms with Crippen LogP contribution in [0.5, 0.6) is 0 Å². The molecule has 0 heteroatoms. The predicted octanol–water partition coefficient (Wildman–Crippen LogP) is 4.15. The number of hydrogen-bond acceptors (Lipinski definition) is 0. The van der Waals surface area contributed by atoms with Crippen LogP contribution in [0.4, 0.5) is 0 Å². The molecule has 0 aromatic heterocycles. The largest absolute Gasteiger partial charge is 0.0620 e. The van der Waals surface area contributed by atoms with Crippen LogP contribution >= 0.6 is 0 Å². The van der Waals surface area contributed by atoms with Gasteiger partial charge in [0.05, 0.1) is 0 Å². The van der Waals surface area contributed by atoms with Crippen LogP contribution in [0, 0.1) is 5.41 Å². The minimum absolute atomic E-state index is 0.408. The fraction of sp³-hybridized carbons (Fsp3) is 0.571. The molecule has 1 saturated carbocycles. The van der Waals surface area contributed by atoms with Gasteiger partial charge in [0.2, 0.25) is 0 Å². The van der Waals surface area contributed by atoms with Gasteiger partial charge in [0.1, 0.15) is 0 Å². The van der Waals surface area contributed by atoms with E-state index in [1.807, 2.05) is 0 Å². The molecule has 0 heterocycles. The fourth-order valence-corrected chi connectivity index (χ4v) is 2.06. The van der Waals surface area contributed by atoms with E-state index in [2.05, 4.69) is 45.0 Å². The zero-order valence-electron chi connectivity index (χ0n) is 9.51. The molecule has 1 aromatic rings. The van der Waals surface area contributed by atoms with E-state index < -0.39 is 0 Å². The minimum atomic E-state index is 0.408. The molecule has 2 rings (SSSR count). The van der Waals surface area contributed by atoms with Gasteiger partial charge >= 0.3 is 0 Å². The van der Waals surface area contributed by atoms with Crippen molar-refractivity contribution in [3.05, 3.63) is 35.4 Å². The average molecular weight is 188 g/mol. The van der Waals surface area contributed by atoms with E-state index in [9.17, 15) is 0 Å². The van der Waals surface area contributed by atoms with Crippen LogP contribution in [0.3, 0.4) is 0 Å². The third-order valence-corrected chi connectivity index (χ3v) is 2.79. The van der Waals surface area contributed by atoms with Crippen LogP contribution in [0.15, 0.2) is 24.3 Å². The van der Waals surface area contributed by atoms with Crippen LogP contribution in [0.25, 0.3) is 0 Å². The topological polar surface area (TPSA) is 0 Å². The summed E-state index contributed by atoms with van der Waals surface area (Å²) in [5, 5.41) is 0. The Labute approximate surface area is 87.3 Å². The Morgan fingerprint density at radius 1 is 1.14 bits per heavy atom. The summed E-state index contributed by atoms with van der Waals surface area (Å²) in [6.45, 7) is 6.95. The highest BCUT2D eigenvalue weighted by Crippen LogP contribution is 2.42. The SMILES string of the molecule is CC(C)(C)Cc1ccccc1C1CC1. The summed E-state index contributed by atoms with van der Waals surface area (Å²) >= 11 is 0. The van der Waals surface area contributed by atoms with Crippen molar-refractivity contribution in [3.63, 3.8) is 0 Å². The lowest BCUT2D eigenvalue weighted by Gasteiger charge is -2.20. The van der Waals surface area contributed by atoms with E-state index in [0.717, 1.165) is 5.92 Å². The predicted molar refractivity (Wildman–Crippen MR) is 61.6 cm³/mol. The Morgan fingerprint density at radius 3 is 2.36 bits per heavy atom. The van der Waals surface area contributed by atoms with Crippen molar-refractivity contribution in [1.29, 1.82) is 0 Å². The van der Waals surface area contributed by atoms with Gasteiger partial charge in [-0.3, -0.25) is 0 Å². The van der Waals surface area contributed by atoms with Gasteiger partial charge in [-0.2, -0.15) is 0 Å². The Bertz CT molecular complexity index is 313. The van der Waals surface area contributed by atoms with E-state index in [-0.39, 0.29) is 0 Å². The third-order valence-electron chi connectivity index (χ3n) is 2.79. The highest BCUT2D eigenvalue weighted by atomic mass is 14.3. The van der Waals surface area contributed by atoms with Crippen LogP contribution in [0.1, 0.15) is 50.7 Å². The Hall–Kier alpha value is -0.780. The average Bonchev–Trinajstić information content (AvgIpc) is 2.85. The van der Waals surface area contributed by atoms with E-state index in [0.29, 0.717) is 5.41 Å². The molecule has 0 radical (unpaired) electrons. The second-order valence-corrected chi connectivity index (χ2v) is 5.71. The van der Waals surface area contributed by atoms with Crippen molar-refractivity contribution in [2.45, 2.75) is 46.0 Å². The van der Waals surface area contributed by atoms with E-state index in [4.69, 9.17) is 0 Å². The van der Waals surface area contributed by atoms with Gasteiger partial charge in [-0.05, 0) is 41.7 Å². The molecule has 0 amide bonds. The minimum Gasteiger partial charge on any atom is -0.0620 e. The number of hydrogen-bond donors (Lipinski definition) is 0. The number of rotatable bonds is 2. The molecule has 0 unspecified atom stereocenters. The first-order valence-electron chi connectivity index (χ1n) is 5.64. The molecular weight excluding hydrogens is 168 g/mol. The van der Waals surface area contributed by atoms with Gasteiger partial charge in [-0.15, -0.1) is 0 Å². The van der Waals surface area contributed by atoms with E-state index in [1.165, 1.54) is 19.3 Å². The highest BCUT2D eigenvalue weighted by Gasteiger charge is 2.26. The molecule has 14 heavy (non-hydrogen) atoms. The normalized spacial score (nSPS) is 17.1. The van der Waals surface area contributed by atoms with Gasteiger partial charge in [-0.1, -0.05) is 45.0 Å². The van der Waals surface area contributed by atoms with Crippen LogP contribution < -0.4 is 0 Å². The molecule has 0 atom stereocenters. The summed E-state index contributed by atoms with van der Waals surface area (Å²) < 4.78 is 0. The smallest absolute Gasteiger partial charge is 0.0159 e. The summed E-state index contributed by atoms with van der Waals surface area (Å²) in [6.07, 6.45) is 4.02. The van der Waals surface area contributed by atoms with Crippen LogP contribution in [-0.2, 0) is 6.42 Å². The first-order chi connectivity index (χ1) is 6.56. The zero-order chi connectivity index (χ0) is 10.2. The van der Waals surface area contributed by atoms with E-state index in [1.54, 1.807) is 11.1 Å². The first-order valence-corrected chi connectivity index (χ1v) is 5.64. The highest BCUT2D eigenvalue weighted by molar-refractivity contribution is 5.33. The summed E-state index contributed by atoms with van der Waals surface area (Å²) in [6, 6.07) is 8.98. The summed E-state index contributed by atoms with van der Waals surface area (Å²) in [7, 11) is 0. The Morgan fingerprint density at radius 2 is 1.79 bits per heavy atom. The Kier molecular flexibility index (Phi) is 2.38. The fourth-order valence-electron chi connectivity index (χ4n) is 2.06. The molecule has 1 fully saturated rings. The molecule has 0 spiro atoms. The van der Waals surface area contributed by atoms with Crippen LogP contribution in [0.2, 0.25) is 0 Å². The lowest BCUT2D eigenvalue weighted by atomic mass is 9.85. The van der Waals surface area contributed by atoms with Crippen molar-refractivity contribution in [2.75, 3.05) is 0 Å². The molecule has 1 aromatic carbocycles. The van der Waals surface area contributed by atoms with Gasteiger partial charge < -0.3 is 0 Å². The van der Waals surface area contributed by atoms with Gasteiger partial charge in [0, 0.05) is 0 Å². The lowest BCUT2D eigenvalue weighted by Crippen LogP contribution is -2.10. The van der Waals surface area contributed by atoms with Gasteiger partial charge in [-0.25, -0.2) is 0 Å². The molecule has 1 aliphatic carbocycles. The van der Waals surface area contributed by atoms with Gasteiger partial charge in [0.25, 0.3) is 0 Å².